The van der Waals surface area contributed by atoms with E-state index in [0.29, 0.717) is 15.6 Å². The van der Waals surface area contributed by atoms with Crippen LogP contribution in [-0.4, -0.2) is 50.0 Å². The second kappa shape index (κ2) is 12.0. The van der Waals surface area contributed by atoms with Crippen molar-refractivity contribution in [2.45, 2.75) is 51.2 Å². The molecule has 0 aromatic heterocycles. The van der Waals surface area contributed by atoms with E-state index in [4.69, 9.17) is 34.8 Å². The summed E-state index contributed by atoms with van der Waals surface area (Å²) in [7, 11) is -3.98. The molecule has 3 rings (SSSR count). The number of amides is 2. The van der Waals surface area contributed by atoms with Crippen molar-refractivity contribution in [1.29, 1.82) is 0 Å². The highest BCUT2D eigenvalue weighted by Crippen LogP contribution is 2.28. The number of nitrogens with one attached hydrogen (secondary N) is 1. The van der Waals surface area contributed by atoms with Gasteiger partial charge < -0.3 is 10.2 Å². The molecule has 0 unspecified atom stereocenters. The number of halogens is 4. The van der Waals surface area contributed by atoms with Crippen LogP contribution >= 0.6 is 34.8 Å². The van der Waals surface area contributed by atoms with Crippen molar-refractivity contribution >= 4 is 62.3 Å². The maximum Gasteiger partial charge on any atom is 0.244 e. The van der Waals surface area contributed by atoms with Crippen molar-refractivity contribution in [3.63, 3.8) is 0 Å². The molecule has 7 nitrogen and oxygen atoms in total. The first kappa shape index (κ1) is 28.5. The van der Waals surface area contributed by atoms with Gasteiger partial charge in [-0.2, -0.15) is 0 Å². The molecular formula is C24H27Cl3FN3O4S. The molecule has 2 amide bonds. The molecule has 0 radical (unpaired) electrons. The zero-order valence-corrected chi connectivity index (χ0v) is 22.9. The minimum atomic E-state index is -3.98. The van der Waals surface area contributed by atoms with Crippen LogP contribution in [0.25, 0.3) is 0 Å². The van der Waals surface area contributed by atoms with Gasteiger partial charge in [0.15, 0.2) is 0 Å². The van der Waals surface area contributed by atoms with Crippen LogP contribution in [0.15, 0.2) is 36.4 Å². The predicted molar refractivity (Wildman–Crippen MR) is 140 cm³/mol. The first-order valence-corrected chi connectivity index (χ1v) is 14.3. The predicted octanol–water partition coefficient (Wildman–Crippen LogP) is 5.03. The van der Waals surface area contributed by atoms with Crippen molar-refractivity contribution in [2.24, 2.45) is 0 Å². The smallest absolute Gasteiger partial charge is 0.244 e. The van der Waals surface area contributed by atoms with Crippen LogP contribution in [0.3, 0.4) is 0 Å². The molecule has 1 aliphatic carbocycles. The molecule has 0 heterocycles. The number of rotatable bonds is 9. The quantitative estimate of drug-likeness (QED) is 0.452. The molecule has 1 saturated carbocycles. The Morgan fingerprint density at radius 3 is 2.25 bits per heavy atom. The van der Waals surface area contributed by atoms with E-state index in [1.165, 1.54) is 11.0 Å². The molecule has 1 fully saturated rings. The number of benzene rings is 2. The van der Waals surface area contributed by atoms with Crippen molar-refractivity contribution in [3.8, 4) is 0 Å². The molecule has 12 heteroatoms. The van der Waals surface area contributed by atoms with E-state index >= 15 is 0 Å². The molecule has 0 aliphatic heterocycles. The summed E-state index contributed by atoms with van der Waals surface area (Å²) in [5.41, 5.74) is 0.432. The molecule has 0 saturated heterocycles. The lowest BCUT2D eigenvalue weighted by atomic mass is 10.1. The number of carbonyl (C=O) groups excluding carboxylic acids is 2. The minimum Gasteiger partial charge on any atom is -0.352 e. The monoisotopic (exact) mass is 577 g/mol. The summed E-state index contributed by atoms with van der Waals surface area (Å²) in [5, 5.41) is 3.27. The Labute approximate surface area is 225 Å². The summed E-state index contributed by atoms with van der Waals surface area (Å²) < 4.78 is 39.7. The van der Waals surface area contributed by atoms with Gasteiger partial charge in [-0.15, -0.1) is 0 Å². The first-order valence-electron chi connectivity index (χ1n) is 11.3. The third-order valence-electron chi connectivity index (χ3n) is 6.13. The average molecular weight is 579 g/mol. The Hall–Kier alpha value is -2.07. The van der Waals surface area contributed by atoms with Gasteiger partial charge in [0.25, 0.3) is 0 Å². The molecule has 0 spiro atoms. The lowest BCUT2D eigenvalue weighted by Crippen LogP contribution is -2.52. The summed E-state index contributed by atoms with van der Waals surface area (Å²) >= 11 is 18.5. The number of anilines is 1. The standard InChI is InChI=1S/C24H27Cl3FN3O4S/c1-15(24(33)29-16-6-3-4-7-16)30(13-18-19(25)8-5-9-20(18)26)23(32)14-31(36(2,34)35)17-10-11-22(28)21(27)12-17/h5,8-12,15-16H,3-4,6-7,13-14H2,1-2H3,(H,29,33)/t15-/m1/s1. The Kier molecular flexibility index (Phi) is 9.49. The molecule has 2 aromatic carbocycles. The Balaban J connectivity index is 1.94. The summed E-state index contributed by atoms with van der Waals surface area (Å²) in [5.74, 6) is -1.77. The van der Waals surface area contributed by atoms with Gasteiger partial charge >= 0.3 is 0 Å². The second-order valence-corrected chi connectivity index (χ2v) is 11.9. The molecular weight excluding hydrogens is 552 g/mol. The normalized spacial score (nSPS) is 14.9. The molecule has 2 aromatic rings. The number of nitrogens with zero attached hydrogens (tertiary/aromatic N) is 2. The molecule has 1 N–H and O–H groups in total. The first-order chi connectivity index (χ1) is 16.9. The van der Waals surface area contributed by atoms with E-state index in [1.54, 1.807) is 25.1 Å². The van der Waals surface area contributed by atoms with Crippen molar-refractivity contribution < 1.29 is 22.4 Å². The van der Waals surface area contributed by atoms with Crippen LogP contribution in [0, 0.1) is 5.82 Å². The van der Waals surface area contributed by atoms with Gasteiger partial charge in [-0.3, -0.25) is 13.9 Å². The van der Waals surface area contributed by atoms with Gasteiger partial charge in [0.1, 0.15) is 18.4 Å². The van der Waals surface area contributed by atoms with Crippen LogP contribution in [0.5, 0.6) is 0 Å². The molecule has 36 heavy (non-hydrogen) atoms. The fourth-order valence-electron chi connectivity index (χ4n) is 4.08. The van der Waals surface area contributed by atoms with E-state index in [1.807, 2.05) is 0 Å². The molecule has 1 aliphatic rings. The van der Waals surface area contributed by atoms with Gasteiger partial charge in [-0.25, -0.2) is 12.8 Å². The van der Waals surface area contributed by atoms with Gasteiger partial charge in [0, 0.05) is 28.2 Å². The Morgan fingerprint density at radius 2 is 1.69 bits per heavy atom. The Bertz CT molecular complexity index is 1220. The van der Waals surface area contributed by atoms with E-state index in [-0.39, 0.29) is 29.2 Å². The van der Waals surface area contributed by atoms with Gasteiger partial charge in [-0.1, -0.05) is 53.7 Å². The average Bonchev–Trinajstić information content (AvgIpc) is 3.31. The minimum absolute atomic E-state index is 0.0102. The van der Waals surface area contributed by atoms with Crippen LogP contribution in [0.2, 0.25) is 15.1 Å². The highest BCUT2D eigenvalue weighted by Gasteiger charge is 2.32. The maximum atomic E-state index is 13.7. The van der Waals surface area contributed by atoms with E-state index in [9.17, 15) is 22.4 Å². The van der Waals surface area contributed by atoms with Crippen molar-refractivity contribution in [3.05, 3.63) is 62.8 Å². The summed E-state index contributed by atoms with van der Waals surface area (Å²) in [4.78, 5) is 27.9. The lowest BCUT2D eigenvalue weighted by Gasteiger charge is -2.32. The van der Waals surface area contributed by atoms with Crippen LogP contribution in [-0.2, 0) is 26.2 Å². The third kappa shape index (κ3) is 7.03. The number of carbonyl (C=O) groups is 2. The van der Waals surface area contributed by atoms with E-state index in [0.717, 1.165) is 48.4 Å². The molecule has 196 valence electrons. The van der Waals surface area contributed by atoms with E-state index in [2.05, 4.69) is 5.32 Å². The fraction of sp³-hybridized carbons (Fsp3) is 0.417. The zero-order chi connectivity index (χ0) is 26.6. The van der Waals surface area contributed by atoms with Crippen LogP contribution in [0.4, 0.5) is 10.1 Å². The zero-order valence-electron chi connectivity index (χ0n) is 19.8. The number of sulfonamides is 1. The SMILES string of the molecule is C[C@H](C(=O)NC1CCCC1)N(Cc1c(Cl)cccc1Cl)C(=O)CN(c1ccc(F)c(Cl)c1)S(C)(=O)=O. The Morgan fingerprint density at radius 1 is 1.08 bits per heavy atom. The van der Waals surface area contributed by atoms with Gasteiger partial charge in [0.2, 0.25) is 21.8 Å². The highest BCUT2D eigenvalue weighted by molar-refractivity contribution is 7.92. The fourth-order valence-corrected chi connectivity index (χ4v) is 5.62. The van der Waals surface area contributed by atoms with Crippen LogP contribution < -0.4 is 9.62 Å². The maximum absolute atomic E-state index is 13.7. The molecule has 0 bridgehead atoms. The largest absolute Gasteiger partial charge is 0.352 e. The topological polar surface area (TPSA) is 86.8 Å². The van der Waals surface area contributed by atoms with E-state index < -0.39 is 34.3 Å². The number of hydrogen-bond acceptors (Lipinski definition) is 4. The number of hydrogen-bond donors (Lipinski definition) is 1. The van der Waals surface area contributed by atoms with Crippen molar-refractivity contribution in [2.75, 3.05) is 17.1 Å². The lowest BCUT2D eigenvalue weighted by molar-refractivity contribution is -0.139. The highest BCUT2D eigenvalue weighted by atomic mass is 35.5. The summed E-state index contributed by atoms with van der Waals surface area (Å²) in [6.07, 6.45) is 4.66. The second-order valence-electron chi connectivity index (χ2n) is 8.76. The van der Waals surface area contributed by atoms with Crippen LogP contribution in [0.1, 0.15) is 38.2 Å². The molecule has 1 atom stereocenters. The van der Waals surface area contributed by atoms with Gasteiger partial charge in [0.05, 0.1) is 17.0 Å². The third-order valence-corrected chi connectivity index (χ3v) is 8.27. The summed E-state index contributed by atoms with van der Waals surface area (Å²) in [6.45, 7) is 0.786. The van der Waals surface area contributed by atoms with Gasteiger partial charge in [-0.05, 0) is 50.1 Å². The summed E-state index contributed by atoms with van der Waals surface area (Å²) in [6, 6.07) is 7.28. The van der Waals surface area contributed by atoms with Crippen molar-refractivity contribution in [1.82, 2.24) is 10.2 Å².